The Kier molecular flexibility index (Phi) is 3.98. The molecule has 2 heterocycles. The Morgan fingerprint density at radius 2 is 1.95 bits per heavy atom. The molecule has 0 aliphatic heterocycles. The number of nitrogens with zero attached hydrogens (tertiary/aromatic N) is 3. The molecular weight excluding hydrogens is 374 g/mol. The highest BCUT2D eigenvalue weighted by molar-refractivity contribution is 7.15. The topological polar surface area (TPSA) is 59.3 Å². The zero-order valence-corrected chi connectivity index (χ0v) is 13.6. The fourth-order valence-electron chi connectivity index (χ4n) is 1.73. The van der Waals surface area contributed by atoms with E-state index in [-0.39, 0.29) is 11.8 Å². The molecule has 1 N–H and O–H groups in total. The fraction of sp³-hybridized carbons (Fsp3) is 0.0833. The van der Waals surface area contributed by atoms with E-state index in [2.05, 4.69) is 15.4 Å². The lowest BCUT2D eigenvalue weighted by atomic mass is 10.2. The van der Waals surface area contributed by atoms with Crippen LogP contribution in [0.5, 0.6) is 0 Å². The predicted molar refractivity (Wildman–Crippen MR) is 85.2 cm³/mol. The van der Waals surface area contributed by atoms with Crippen LogP contribution in [0.1, 0.15) is 0 Å². The van der Waals surface area contributed by atoms with Gasteiger partial charge in [-0.3, -0.25) is 10.1 Å². The third kappa shape index (κ3) is 3.03. The molecule has 0 radical (unpaired) electrons. The molecule has 3 aromatic rings. The molecule has 10 heteroatoms. The van der Waals surface area contributed by atoms with Crippen molar-refractivity contribution in [3.05, 3.63) is 35.5 Å². The van der Waals surface area contributed by atoms with Crippen molar-refractivity contribution < 1.29 is 9.18 Å². The molecule has 22 heavy (non-hydrogen) atoms. The van der Waals surface area contributed by atoms with E-state index in [1.165, 1.54) is 28.0 Å². The van der Waals surface area contributed by atoms with Crippen molar-refractivity contribution in [3.8, 4) is 11.3 Å². The molecule has 1 amide bonds. The van der Waals surface area contributed by atoms with Gasteiger partial charge in [-0.1, -0.05) is 34.8 Å². The molecule has 1 aromatic carbocycles. The monoisotopic (exact) mass is 378 g/mol. The van der Waals surface area contributed by atoms with Crippen LogP contribution in [0.4, 0.5) is 10.3 Å². The molecule has 0 atom stereocenters. The van der Waals surface area contributed by atoms with Gasteiger partial charge in [-0.15, -0.1) is 16.4 Å². The Hall–Kier alpha value is -1.41. The molecule has 3 rings (SSSR count). The maximum absolute atomic E-state index is 13.0. The molecule has 114 valence electrons. The van der Waals surface area contributed by atoms with Crippen LogP contribution in [0.2, 0.25) is 0 Å². The van der Waals surface area contributed by atoms with E-state index >= 15 is 0 Å². The summed E-state index contributed by atoms with van der Waals surface area (Å²) in [4.78, 5) is 16.2. The molecule has 0 saturated carbocycles. The molecule has 0 aliphatic carbocycles. The van der Waals surface area contributed by atoms with E-state index in [0.29, 0.717) is 10.7 Å². The van der Waals surface area contributed by atoms with Gasteiger partial charge in [0.1, 0.15) is 5.82 Å². The first kappa shape index (κ1) is 15.5. The van der Waals surface area contributed by atoms with Crippen LogP contribution in [-0.4, -0.2) is 24.3 Å². The van der Waals surface area contributed by atoms with Gasteiger partial charge < -0.3 is 0 Å². The Balaban J connectivity index is 1.95. The number of amides is 1. The predicted octanol–water partition coefficient (Wildman–Crippen LogP) is 3.91. The zero-order chi connectivity index (χ0) is 15.9. The van der Waals surface area contributed by atoms with Gasteiger partial charge in [0, 0.05) is 10.9 Å². The van der Waals surface area contributed by atoms with Crippen LogP contribution in [0.25, 0.3) is 16.2 Å². The maximum atomic E-state index is 13.0. The highest BCUT2D eigenvalue weighted by Gasteiger charge is 2.31. The number of halogens is 4. The summed E-state index contributed by atoms with van der Waals surface area (Å²) < 4.78 is 12.4. The lowest BCUT2D eigenvalue weighted by Crippen LogP contribution is -2.27. The highest BCUT2D eigenvalue weighted by atomic mass is 35.6. The van der Waals surface area contributed by atoms with Gasteiger partial charge in [-0.25, -0.2) is 8.91 Å². The summed E-state index contributed by atoms with van der Waals surface area (Å²) in [7, 11) is 0. The minimum atomic E-state index is -2.10. The number of hydrogen-bond acceptors (Lipinski definition) is 4. The second-order valence-electron chi connectivity index (χ2n) is 4.21. The number of anilines is 1. The molecule has 0 unspecified atom stereocenters. The van der Waals surface area contributed by atoms with Crippen molar-refractivity contribution in [2.24, 2.45) is 0 Å². The normalized spacial score (nSPS) is 11.8. The van der Waals surface area contributed by atoms with E-state index in [0.717, 1.165) is 5.56 Å². The minimum absolute atomic E-state index is 0.0199. The second kappa shape index (κ2) is 5.66. The number of alkyl halides is 3. The third-order valence-corrected chi connectivity index (χ3v) is 4.04. The smallest absolute Gasteiger partial charge is 0.278 e. The molecule has 0 fully saturated rings. The Bertz CT molecular complexity index is 840. The lowest BCUT2D eigenvalue weighted by molar-refractivity contribution is -0.115. The summed E-state index contributed by atoms with van der Waals surface area (Å²) in [5.74, 6) is -1.16. The van der Waals surface area contributed by atoms with E-state index in [9.17, 15) is 9.18 Å². The standard InChI is InChI=1S/C12H6Cl3FN4OS/c13-12(14,15)9(21)17-10-18-11-20(19-10)8(5-22-11)6-1-3-7(16)4-2-6/h1-5H,(H,17,19,21). The van der Waals surface area contributed by atoms with Gasteiger partial charge in [-0.2, -0.15) is 4.98 Å². The van der Waals surface area contributed by atoms with Gasteiger partial charge in [0.25, 0.3) is 15.6 Å². The molecule has 5 nitrogen and oxygen atoms in total. The van der Waals surface area contributed by atoms with E-state index in [1.54, 1.807) is 12.1 Å². The largest absolute Gasteiger partial charge is 0.289 e. The number of rotatable bonds is 2. The summed E-state index contributed by atoms with van der Waals surface area (Å²) in [6.45, 7) is 0. The first-order valence-corrected chi connectivity index (χ1v) is 7.84. The van der Waals surface area contributed by atoms with Crippen molar-refractivity contribution in [3.63, 3.8) is 0 Å². The second-order valence-corrected chi connectivity index (χ2v) is 7.33. The minimum Gasteiger partial charge on any atom is -0.289 e. The average Bonchev–Trinajstić information content (AvgIpc) is 2.98. The zero-order valence-electron chi connectivity index (χ0n) is 10.6. The summed E-state index contributed by atoms with van der Waals surface area (Å²) in [6.07, 6.45) is 0. The summed E-state index contributed by atoms with van der Waals surface area (Å²) in [6, 6.07) is 5.94. The van der Waals surface area contributed by atoms with Crippen LogP contribution in [-0.2, 0) is 4.79 Å². The van der Waals surface area contributed by atoms with Crippen molar-refractivity contribution in [1.82, 2.24) is 14.6 Å². The average molecular weight is 380 g/mol. The quantitative estimate of drug-likeness (QED) is 0.687. The van der Waals surface area contributed by atoms with Crippen molar-refractivity contribution >= 4 is 63.0 Å². The van der Waals surface area contributed by atoms with Crippen molar-refractivity contribution in [2.45, 2.75) is 3.79 Å². The number of carbonyl (C=O) groups is 1. The van der Waals surface area contributed by atoms with Gasteiger partial charge in [0.05, 0.1) is 5.69 Å². The molecule has 0 saturated heterocycles. The summed E-state index contributed by atoms with van der Waals surface area (Å²) >= 11 is 17.7. The number of benzene rings is 1. The van der Waals surface area contributed by atoms with Crippen molar-refractivity contribution in [2.75, 3.05) is 5.32 Å². The fourth-order valence-corrected chi connectivity index (χ4v) is 2.70. The Labute approximate surface area is 142 Å². The maximum Gasteiger partial charge on any atom is 0.278 e. The summed E-state index contributed by atoms with van der Waals surface area (Å²) in [5, 5.41) is 8.28. The van der Waals surface area contributed by atoms with Gasteiger partial charge in [0.2, 0.25) is 4.96 Å². The SMILES string of the molecule is O=C(Nc1nc2scc(-c3ccc(F)cc3)n2n1)C(Cl)(Cl)Cl. The molecule has 0 aliphatic rings. The number of nitrogens with one attached hydrogen (secondary N) is 1. The number of fused-ring (bicyclic) bond motifs is 1. The Morgan fingerprint density at radius 3 is 2.59 bits per heavy atom. The van der Waals surface area contributed by atoms with Crippen LogP contribution >= 0.6 is 46.1 Å². The van der Waals surface area contributed by atoms with Gasteiger partial charge >= 0.3 is 0 Å². The highest BCUT2D eigenvalue weighted by Crippen LogP contribution is 2.29. The number of thiazole rings is 1. The number of hydrogen-bond donors (Lipinski definition) is 1. The summed E-state index contributed by atoms with van der Waals surface area (Å²) in [5.41, 5.74) is 1.47. The number of aromatic nitrogens is 3. The third-order valence-electron chi connectivity index (χ3n) is 2.70. The van der Waals surface area contributed by atoms with Crippen LogP contribution in [0.3, 0.4) is 0 Å². The van der Waals surface area contributed by atoms with Crippen LogP contribution in [0, 0.1) is 5.82 Å². The van der Waals surface area contributed by atoms with Crippen LogP contribution in [0.15, 0.2) is 29.6 Å². The first-order chi connectivity index (χ1) is 10.3. The van der Waals surface area contributed by atoms with E-state index in [1.807, 2.05) is 5.38 Å². The Morgan fingerprint density at radius 1 is 1.27 bits per heavy atom. The van der Waals surface area contributed by atoms with E-state index in [4.69, 9.17) is 34.8 Å². The number of carbonyl (C=O) groups excluding carboxylic acids is 1. The first-order valence-electron chi connectivity index (χ1n) is 5.83. The van der Waals surface area contributed by atoms with Gasteiger partial charge in [-0.05, 0) is 24.3 Å². The molecule has 2 aromatic heterocycles. The van der Waals surface area contributed by atoms with Crippen LogP contribution < -0.4 is 5.32 Å². The van der Waals surface area contributed by atoms with Crippen molar-refractivity contribution in [1.29, 1.82) is 0 Å². The van der Waals surface area contributed by atoms with E-state index < -0.39 is 9.70 Å². The molecule has 0 spiro atoms. The lowest BCUT2D eigenvalue weighted by Gasteiger charge is -2.07. The molecular formula is C12H6Cl3FN4OS. The molecule has 0 bridgehead atoms. The van der Waals surface area contributed by atoms with Gasteiger partial charge in [0.15, 0.2) is 0 Å².